The Balaban J connectivity index is 1.81. The minimum Gasteiger partial charge on any atom is -0.487 e. The van der Waals surface area contributed by atoms with Gasteiger partial charge >= 0.3 is 24.5 Å². The lowest BCUT2D eigenvalue weighted by molar-refractivity contribution is -0.153. The van der Waals surface area contributed by atoms with E-state index in [0.29, 0.717) is 0 Å². The highest BCUT2D eigenvalue weighted by atomic mass is 19.4. The van der Waals surface area contributed by atoms with Crippen LogP contribution in [0.5, 0.6) is 11.5 Å². The Morgan fingerprint density at radius 1 is 0.970 bits per heavy atom. The van der Waals surface area contributed by atoms with Crippen molar-refractivity contribution in [2.24, 2.45) is 11.8 Å². The quantitative estimate of drug-likeness (QED) is 0.409. The average molecular weight is 487 g/mol. The van der Waals surface area contributed by atoms with Gasteiger partial charge in [0.15, 0.2) is 13.2 Å². The van der Waals surface area contributed by atoms with E-state index in [1.54, 1.807) is 0 Å². The van der Waals surface area contributed by atoms with Crippen molar-refractivity contribution in [3.05, 3.63) is 30.4 Å². The van der Waals surface area contributed by atoms with E-state index in [1.807, 2.05) is 0 Å². The number of carbonyl (C=O) groups is 2. The van der Waals surface area contributed by atoms with Crippen molar-refractivity contribution in [2.75, 3.05) is 18.5 Å². The van der Waals surface area contributed by atoms with Gasteiger partial charge in [0.25, 0.3) is 0 Å². The van der Waals surface area contributed by atoms with Crippen molar-refractivity contribution in [3.8, 4) is 11.5 Å². The number of fused-ring (bicyclic) bond motifs is 2. The first kappa shape index (κ1) is 24.6. The zero-order valence-corrected chi connectivity index (χ0v) is 16.3. The van der Waals surface area contributed by atoms with E-state index in [0.717, 1.165) is 18.2 Å². The number of amides is 1. The number of alkyl halides is 7. The highest BCUT2D eigenvalue weighted by Crippen LogP contribution is 2.40. The molecule has 182 valence electrons. The van der Waals surface area contributed by atoms with E-state index in [1.165, 1.54) is 12.2 Å². The largest absolute Gasteiger partial charge is 0.487 e. The van der Waals surface area contributed by atoms with Crippen LogP contribution in [0.2, 0.25) is 0 Å². The van der Waals surface area contributed by atoms with E-state index in [4.69, 9.17) is 4.74 Å². The first-order chi connectivity index (χ1) is 15.3. The summed E-state index contributed by atoms with van der Waals surface area (Å²) in [6.45, 7) is -3.57. The second-order valence-electron chi connectivity index (χ2n) is 7.28. The molecule has 1 aromatic carbocycles. The molecule has 0 aliphatic carbocycles. The average Bonchev–Trinajstić information content (AvgIpc) is 3.32. The molecule has 0 radical (unpaired) electrons. The normalized spacial score (nSPS) is 24.2. The Bertz CT molecular complexity index is 936. The second kappa shape index (κ2) is 9.08. The number of benzene rings is 1. The molecule has 0 aromatic heterocycles. The third-order valence-corrected chi connectivity index (χ3v) is 4.79. The predicted molar refractivity (Wildman–Crippen MR) is 95.5 cm³/mol. The number of hydrogen-bond donors (Lipinski definition) is 2. The molecule has 2 heterocycles. The molecular formula is C19H16F7NO6. The lowest BCUT2D eigenvalue weighted by atomic mass is 9.82. The summed E-state index contributed by atoms with van der Waals surface area (Å²) in [6.07, 6.45) is -7.56. The first-order valence-corrected chi connectivity index (χ1v) is 9.28. The van der Waals surface area contributed by atoms with Gasteiger partial charge in [0.05, 0.1) is 18.1 Å². The van der Waals surface area contributed by atoms with Gasteiger partial charge in [-0.25, -0.2) is 8.78 Å². The number of hydrogen-bond acceptors (Lipinski definition) is 5. The summed E-state index contributed by atoms with van der Waals surface area (Å²) >= 11 is 0. The second-order valence-corrected chi connectivity index (χ2v) is 7.28. The van der Waals surface area contributed by atoms with Gasteiger partial charge in [0, 0.05) is 23.9 Å². The molecule has 2 bridgehead atoms. The molecule has 7 nitrogen and oxygen atoms in total. The maximum atomic E-state index is 13.2. The molecule has 3 rings (SSSR count). The Kier molecular flexibility index (Phi) is 6.77. The van der Waals surface area contributed by atoms with Gasteiger partial charge in [-0.3, -0.25) is 9.59 Å². The number of anilines is 1. The maximum Gasteiger partial charge on any atom is 0.422 e. The Morgan fingerprint density at radius 2 is 1.52 bits per heavy atom. The topological polar surface area (TPSA) is 94.1 Å². The molecule has 0 unspecified atom stereocenters. The van der Waals surface area contributed by atoms with E-state index >= 15 is 0 Å². The fourth-order valence-corrected chi connectivity index (χ4v) is 3.36. The summed E-state index contributed by atoms with van der Waals surface area (Å²) in [5, 5.41) is 11.6. The minimum absolute atomic E-state index is 0.300. The van der Waals surface area contributed by atoms with Crippen LogP contribution in [0, 0.1) is 11.8 Å². The monoisotopic (exact) mass is 487 g/mol. The number of rotatable bonds is 9. The fourth-order valence-electron chi connectivity index (χ4n) is 3.36. The number of halogens is 7. The molecule has 2 aliphatic rings. The van der Waals surface area contributed by atoms with Gasteiger partial charge < -0.3 is 24.6 Å². The van der Waals surface area contributed by atoms with Crippen molar-refractivity contribution in [1.82, 2.24) is 0 Å². The van der Waals surface area contributed by atoms with Crippen molar-refractivity contribution in [1.29, 1.82) is 0 Å². The third-order valence-electron chi connectivity index (χ3n) is 4.79. The number of carbonyl (C=O) groups excluding carboxylic acids is 1. The summed E-state index contributed by atoms with van der Waals surface area (Å²) < 4.78 is 103. The van der Waals surface area contributed by atoms with Crippen LogP contribution >= 0.6 is 0 Å². The molecule has 2 aliphatic heterocycles. The minimum atomic E-state index is -4.76. The van der Waals surface area contributed by atoms with Crippen LogP contribution in [0.1, 0.15) is 0 Å². The number of aliphatic carboxylic acids is 1. The lowest BCUT2D eigenvalue weighted by Gasteiger charge is -2.22. The van der Waals surface area contributed by atoms with Gasteiger partial charge in [-0.2, -0.15) is 22.0 Å². The van der Waals surface area contributed by atoms with Crippen molar-refractivity contribution >= 4 is 17.6 Å². The summed E-state index contributed by atoms with van der Waals surface area (Å²) in [6, 6.07) is 2.54. The standard InChI is InChI=1S/C19H16F7NO6/c20-17(21)18(22,23)6-31-9-3-8(4-10(5-9)32-7-19(24,25)26)27-15(28)13-11-1-2-12(33-11)14(13)16(29)30/h1-5,11-14,17H,6-7H2,(H,27,28)(H,29,30)/t11-,12-,13-,14-/m0/s1. The summed E-state index contributed by atoms with van der Waals surface area (Å²) in [4.78, 5) is 24.2. The highest BCUT2D eigenvalue weighted by molar-refractivity contribution is 5.97. The Morgan fingerprint density at radius 3 is 2.03 bits per heavy atom. The van der Waals surface area contributed by atoms with E-state index in [2.05, 4.69) is 14.8 Å². The van der Waals surface area contributed by atoms with Gasteiger partial charge in [-0.15, -0.1) is 0 Å². The zero-order chi connectivity index (χ0) is 24.6. The Hall–Kier alpha value is -3.03. The lowest BCUT2D eigenvalue weighted by Crippen LogP contribution is -2.39. The van der Waals surface area contributed by atoms with Crippen LogP contribution in [-0.2, 0) is 14.3 Å². The predicted octanol–water partition coefficient (Wildman–Crippen LogP) is 3.50. The summed E-state index contributed by atoms with van der Waals surface area (Å²) in [5.41, 5.74) is -0.300. The summed E-state index contributed by atoms with van der Waals surface area (Å²) in [5.74, 6) is -10.3. The molecular weight excluding hydrogens is 471 g/mol. The SMILES string of the molecule is O=C(O)[C@@H]1[C@@H](C(=O)Nc2cc(OCC(F)(F)F)cc(OCC(F)(F)C(F)F)c2)[C@@H]2C=C[C@@H]1O2. The van der Waals surface area contributed by atoms with Crippen molar-refractivity contribution in [2.45, 2.75) is 30.7 Å². The van der Waals surface area contributed by atoms with Crippen LogP contribution in [0.3, 0.4) is 0 Å². The smallest absolute Gasteiger partial charge is 0.422 e. The molecule has 14 heteroatoms. The molecule has 1 fully saturated rings. The van der Waals surface area contributed by atoms with E-state index < -0.39 is 79.2 Å². The molecule has 0 saturated carbocycles. The van der Waals surface area contributed by atoms with Crippen LogP contribution < -0.4 is 14.8 Å². The summed E-state index contributed by atoms with van der Waals surface area (Å²) in [7, 11) is 0. The third kappa shape index (κ3) is 5.86. The number of carboxylic acids is 1. The van der Waals surface area contributed by atoms with Crippen molar-refractivity contribution < 1.29 is 59.6 Å². The zero-order valence-electron chi connectivity index (χ0n) is 16.3. The van der Waals surface area contributed by atoms with Gasteiger partial charge in [0.1, 0.15) is 17.4 Å². The maximum absolute atomic E-state index is 13.2. The van der Waals surface area contributed by atoms with E-state index in [9.17, 15) is 45.4 Å². The molecule has 33 heavy (non-hydrogen) atoms. The molecule has 4 atom stereocenters. The molecule has 1 saturated heterocycles. The van der Waals surface area contributed by atoms with Gasteiger partial charge in [-0.1, -0.05) is 12.2 Å². The molecule has 0 spiro atoms. The van der Waals surface area contributed by atoms with Crippen LogP contribution in [0.4, 0.5) is 36.4 Å². The fraction of sp³-hybridized carbons (Fsp3) is 0.474. The Labute approximate surface area is 181 Å². The van der Waals surface area contributed by atoms with Crippen LogP contribution in [-0.4, -0.2) is 60.9 Å². The number of nitrogens with one attached hydrogen (secondary N) is 1. The van der Waals surface area contributed by atoms with Crippen molar-refractivity contribution in [3.63, 3.8) is 0 Å². The van der Waals surface area contributed by atoms with Gasteiger partial charge in [-0.05, 0) is 0 Å². The van der Waals surface area contributed by atoms with Gasteiger partial charge in [0.2, 0.25) is 5.91 Å². The van der Waals surface area contributed by atoms with E-state index in [-0.39, 0.29) is 5.69 Å². The number of carboxylic acid groups (broad SMARTS) is 1. The number of ether oxygens (including phenoxy) is 3. The van der Waals surface area contributed by atoms with Crippen LogP contribution in [0.15, 0.2) is 30.4 Å². The molecule has 1 amide bonds. The molecule has 2 N–H and O–H groups in total. The first-order valence-electron chi connectivity index (χ1n) is 9.28. The molecule has 1 aromatic rings. The van der Waals surface area contributed by atoms with Crippen LogP contribution in [0.25, 0.3) is 0 Å². The highest BCUT2D eigenvalue weighted by Gasteiger charge is 2.53.